The number of rotatable bonds is 5. The Bertz CT molecular complexity index is 174. The molecular formula is C11H23NOS. The fourth-order valence-corrected chi connectivity index (χ4v) is 3.26. The van der Waals surface area contributed by atoms with Crippen LogP contribution in [-0.2, 0) is 10.8 Å². The molecule has 1 saturated heterocycles. The molecule has 1 unspecified atom stereocenters. The summed E-state index contributed by atoms with van der Waals surface area (Å²) in [6.07, 6.45) is 4.79. The molecule has 1 heterocycles. The summed E-state index contributed by atoms with van der Waals surface area (Å²) in [4.78, 5) is 0. The van der Waals surface area contributed by atoms with Crippen molar-refractivity contribution in [3.63, 3.8) is 0 Å². The number of nitrogens with one attached hydrogen (secondary N) is 1. The minimum atomic E-state index is -0.519. The third-order valence-corrected chi connectivity index (χ3v) is 4.31. The van der Waals surface area contributed by atoms with Crippen LogP contribution in [0.15, 0.2) is 0 Å². The Hall–Kier alpha value is 0.110. The first-order valence-corrected chi connectivity index (χ1v) is 7.29. The molecule has 14 heavy (non-hydrogen) atoms. The lowest BCUT2D eigenvalue weighted by Gasteiger charge is -2.24. The van der Waals surface area contributed by atoms with E-state index < -0.39 is 10.8 Å². The highest BCUT2D eigenvalue weighted by atomic mass is 32.2. The van der Waals surface area contributed by atoms with Crippen LogP contribution in [0.3, 0.4) is 0 Å². The van der Waals surface area contributed by atoms with Gasteiger partial charge in [-0.2, -0.15) is 0 Å². The van der Waals surface area contributed by atoms with Gasteiger partial charge in [-0.15, -0.1) is 0 Å². The molecule has 1 N–H and O–H groups in total. The van der Waals surface area contributed by atoms with Crippen LogP contribution in [0.4, 0.5) is 0 Å². The Labute approximate surface area is 90.3 Å². The van der Waals surface area contributed by atoms with Crippen LogP contribution in [0.1, 0.15) is 39.5 Å². The van der Waals surface area contributed by atoms with Crippen molar-refractivity contribution < 1.29 is 4.21 Å². The highest BCUT2D eigenvalue weighted by molar-refractivity contribution is 7.85. The van der Waals surface area contributed by atoms with Crippen LogP contribution < -0.4 is 5.32 Å². The van der Waals surface area contributed by atoms with Crippen LogP contribution in [0.2, 0.25) is 0 Å². The monoisotopic (exact) mass is 217 g/mol. The first-order chi connectivity index (χ1) is 6.72. The summed E-state index contributed by atoms with van der Waals surface area (Å²) in [5.41, 5.74) is 0. The molecule has 1 rings (SSSR count). The molecule has 1 fully saturated rings. The van der Waals surface area contributed by atoms with Crippen LogP contribution in [0.25, 0.3) is 0 Å². The van der Waals surface area contributed by atoms with E-state index in [4.69, 9.17) is 0 Å². The zero-order chi connectivity index (χ0) is 10.4. The molecular weight excluding hydrogens is 194 g/mol. The van der Waals surface area contributed by atoms with Crippen LogP contribution in [0.5, 0.6) is 0 Å². The van der Waals surface area contributed by atoms with Gasteiger partial charge in [0.1, 0.15) is 0 Å². The molecule has 3 heteroatoms. The molecule has 0 radical (unpaired) electrons. The SMILES string of the molecule is CCCC(C)CNC1CCS(=O)CC1. The second-order valence-corrected chi connectivity index (χ2v) is 6.12. The third-order valence-electron chi connectivity index (χ3n) is 2.92. The van der Waals surface area contributed by atoms with Crippen molar-refractivity contribution in [1.29, 1.82) is 0 Å². The Balaban J connectivity index is 2.09. The summed E-state index contributed by atoms with van der Waals surface area (Å²) < 4.78 is 11.1. The fourth-order valence-electron chi connectivity index (χ4n) is 1.96. The summed E-state index contributed by atoms with van der Waals surface area (Å²) in [7, 11) is -0.519. The van der Waals surface area contributed by atoms with Gasteiger partial charge in [0, 0.05) is 28.3 Å². The van der Waals surface area contributed by atoms with Gasteiger partial charge in [0.15, 0.2) is 0 Å². The molecule has 0 amide bonds. The Morgan fingerprint density at radius 3 is 2.64 bits per heavy atom. The van der Waals surface area contributed by atoms with Crippen molar-refractivity contribution >= 4 is 10.8 Å². The van der Waals surface area contributed by atoms with Gasteiger partial charge in [0.2, 0.25) is 0 Å². The van der Waals surface area contributed by atoms with Gasteiger partial charge in [-0.05, 0) is 31.7 Å². The van der Waals surface area contributed by atoms with Crippen LogP contribution in [0, 0.1) is 5.92 Å². The van der Waals surface area contributed by atoms with Crippen molar-refractivity contribution in [2.45, 2.75) is 45.6 Å². The summed E-state index contributed by atoms with van der Waals surface area (Å²) in [5.74, 6) is 2.59. The lowest BCUT2D eigenvalue weighted by molar-refractivity contribution is 0.408. The van der Waals surface area contributed by atoms with Gasteiger partial charge in [0.05, 0.1) is 0 Å². The van der Waals surface area contributed by atoms with Crippen molar-refractivity contribution in [2.24, 2.45) is 5.92 Å². The van der Waals surface area contributed by atoms with Crippen LogP contribution >= 0.6 is 0 Å². The molecule has 1 aliphatic heterocycles. The predicted octanol–water partition coefficient (Wildman–Crippen LogP) is 1.92. The molecule has 0 aliphatic carbocycles. The normalized spacial score (nSPS) is 30.1. The molecule has 84 valence electrons. The topological polar surface area (TPSA) is 29.1 Å². The van der Waals surface area contributed by atoms with Crippen molar-refractivity contribution in [1.82, 2.24) is 5.32 Å². The van der Waals surface area contributed by atoms with Gasteiger partial charge in [-0.25, -0.2) is 0 Å². The van der Waals surface area contributed by atoms with E-state index >= 15 is 0 Å². The van der Waals surface area contributed by atoms with Gasteiger partial charge in [-0.3, -0.25) is 4.21 Å². The second-order valence-electron chi connectivity index (χ2n) is 4.42. The molecule has 0 saturated carbocycles. The summed E-state index contributed by atoms with van der Waals surface area (Å²) >= 11 is 0. The number of hydrogen-bond donors (Lipinski definition) is 1. The van der Waals surface area contributed by atoms with Crippen molar-refractivity contribution in [3.8, 4) is 0 Å². The van der Waals surface area contributed by atoms with Crippen molar-refractivity contribution in [3.05, 3.63) is 0 Å². The quantitative estimate of drug-likeness (QED) is 0.762. The highest BCUT2D eigenvalue weighted by Crippen LogP contribution is 2.10. The largest absolute Gasteiger partial charge is 0.314 e. The van der Waals surface area contributed by atoms with Crippen LogP contribution in [-0.4, -0.2) is 28.3 Å². The second kappa shape index (κ2) is 6.57. The number of hydrogen-bond acceptors (Lipinski definition) is 2. The maximum Gasteiger partial charge on any atom is 0.0249 e. The van der Waals surface area contributed by atoms with Gasteiger partial charge < -0.3 is 5.32 Å². The van der Waals surface area contributed by atoms with E-state index in [9.17, 15) is 4.21 Å². The van der Waals surface area contributed by atoms with E-state index in [1.807, 2.05) is 0 Å². The molecule has 0 bridgehead atoms. The Morgan fingerprint density at radius 1 is 1.43 bits per heavy atom. The van der Waals surface area contributed by atoms with Gasteiger partial charge >= 0.3 is 0 Å². The minimum absolute atomic E-state index is 0.519. The first-order valence-electron chi connectivity index (χ1n) is 5.80. The fraction of sp³-hybridized carbons (Fsp3) is 1.00. The van der Waals surface area contributed by atoms with E-state index in [0.29, 0.717) is 6.04 Å². The third kappa shape index (κ3) is 4.56. The van der Waals surface area contributed by atoms with E-state index in [1.165, 1.54) is 12.8 Å². The summed E-state index contributed by atoms with van der Waals surface area (Å²) in [5, 5.41) is 3.59. The minimum Gasteiger partial charge on any atom is -0.314 e. The molecule has 0 aromatic heterocycles. The average molecular weight is 217 g/mol. The van der Waals surface area contributed by atoms with E-state index in [1.54, 1.807) is 0 Å². The molecule has 0 aromatic rings. The Kier molecular flexibility index (Phi) is 5.71. The standard InChI is InChI=1S/C11H23NOS/c1-3-4-10(2)9-12-11-5-7-14(13)8-6-11/h10-12H,3-9H2,1-2H3. The summed E-state index contributed by atoms with van der Waals surface area (Å²) in [6, 6.07) is 0.631. The highest BCUT2D eigenvalue weighted by Gasteiger charge is 2.17. The lowest BCUT2D eigenvalue weighted by atomic mass is 10.1. The lowest BCUT2D eigenvalue weighted by Crippen LogP contribution is -2.37. The van der Waals surface area contributed by atoms with Crippen molar-refractivity contribution in [2.75, 3.05) is 18.1 Å². The smallest absolute Gasteiger partial charge is 0.0249 e. The van der Waals surface area contributed by atoms with E-state index in [-0.39, 0.29) is 0 Å². The molecule has 1 atom stereocenters. The maximum absolute atomic E-state index is 11.1. The zero-order valence-corrected chi connectivity index (χ0v) is 10.2. The molecule has 0 spiro atoms. The molecule has 1 aliphatic rings. The van der Waals surface area contributed by atoms with E-state index in [0.717, 1.165) is 36.8 Å². The van der Waals surface area contributed by atoms with Gasteiger partial charge in [-0.1, -0.05) is 20.3 Å². The average Bonchev–Trinajstić information content (AvgIpc) is 2.17. The van der Waals surface area contributed by atoms with E-state index in [2.05, 4.69) is 19.2 Å². The maximum atomic E-state index is 11.1. The summed E-state index contributed by atoms with van der Waals surface area (Å²) in [6.45, 7) is 5.67. The molecule has 2 nitrogen and oxygen atoms in total. The zero-order valence-electron chi connectivity index (χ0n) is 9.42. The predicted molar refractivity (Wildman–Crippen MR) is 63.0 cm³/mol. The van der Waals surface area contributed by atoms with Gasteiger partial charge in [0.25, 0.3) is 0 Å². The molecule has 0 aromatic carbocycles. The Morgan fingerprint density at radius 2 is 2.07 bits per heavy atom. The first kappa shape index (κ1) is 12.2.